The Bertz CT molecular complexity index is 95.0. The lowest BCUT2D eigenvalue weighted by Gasteiger charge is -1.95. The van der Waals surface area contributed by atoms with E-state index in [1.165, 1.54) is 0 Å². The largest absolute Gasteiger partial charge is 0.448 e. The maximum absolute atomic E-state index is 10.4. The van der Waals surface area contributed by atoms with Crippen LogP contribution in [0.2, 0.25) is 0 Å². The Hall–Kier alpha value is -0.360. The molecule has 0 saturated carbocycles. The molecular weight excluding hydrogens is 123 g/mol. The monoisotopic (exact) mass is 132 g/mol. The maximum atomic E-state index is 10.4. The van der Waals surface area contributed by atoms with Crippen LogP contribution in [-0.2, 0) is 9.32 Å². The molecule has 46 valence electrons. The van der Waals surface area contributed by atoms with Crippen LogP contribution >= 0.6 is 9.47 Å². The second-order valence-electron chi connectivity index (χ2n) is 1.36. The summed E-state index contributed by atoms with van der Waals surface area (Å²) in [7, 11) is 1.88. The normalized spacial score (nSPS) is 8.25. The first-order chi connectivity index (χ1) is 3.72. The van der Waals surface area contributed by atoms with Gasteiger partial charge in [-0.05, 0) is 6.42 Å². The zero-order valence-corrected chi connectivity index (χ0v) is 5.96. The molecule has 0 radical (unpaired) electrons. The van der Waals surface area contributed by atoms with Crippen molar-refractivity contribution in [2.24, 2.45) is 0 Å². The van der Waals surface area contributed by atoms with Crippen LogP contribution in [0.3, 0.4) is 0 Å². The molecule has 0 spiro atoms. The van der Waals surface area contributed by atoms with E-state index in [4.69, 9.17) is 0 Å². The van der Waals surface area contributed by atoms with Gasteiger partial charge in [0.25, 0.3) is 0 Å². The molecular formula is C5H9O2P. The third-order valence-electron chi connectivity index (χ3n) is 0.822. The molecule has 0 rings (SSSR count). The molecule has 3 heteroatoms. The van der Waals surface area contributed by atoms with Crippen LogP contribution in [-0.4, -0.2) is 5.97 Å². The summed E-state index contributed by atoms with van der Waals surface area (Å²) in [5.74, 6) is -0.350. The van der Waals surface area contributed by atoms with Gasteiger partial charge in [0.1, 0.15) is 0 Å². The molecule has 0 aliphatic rings. The van der Waals surface area contributed by atoms with Crippen LogP contribution in [0.25, 0.3) is 0 Å². The molecule has 0 aromatic carbocycles. The van der Waals surface area contributed by atoms with Crippen molar-refractivity contribution in [1.82, 2.24) is 0 Å². The van der Waals surface area contributed by atoms with Crippen LogP contribution in [0.5, 0.6) is 0 Å². The standard InChI is InChI=1S/C5H9O2P/c1-3-4(2)5(6)7-8/h2-3,8H2,1H3. The lowest BCUT2D eigenvalue weighted by atomic mass is 10.2. The highest BCUT2D eigenvalue weighted by Gasteiger charge is 2.00. The lowest BCUT2D eigenvalue weighted by molar-refractivity contribution is -0.129. The van der Waals surface area contributed by atoms with Crippen molar-refractivity contribution in [1.29, 1.82) is 0 Å². The Kier molecular flexibility index (Phi) is 3.46. The Balaban J connectivity index is 3.64. The lowest BCUT2D eigenvalue weighted by Crippen LogP contribution is -1.97. The Morgan fingerprint density at radius 2 is 2.38 bits per heavy atom. The van der Waals surface area contributed by atoms with Crippen LogP contribution in [0.15, 0.2) is 12.2 Å². The highest BCUT2D eigenvalue weighted by Crippen LogP contribution is 2.01. The average Bonchev–Trinajstić information content (AvgIpc) is 1.84. The van der Waals surface area contributed by atoms with E-state index in [-0.39, 0.29) is 5.97 Å². The minimum atomic E-state index is -0.350. The minimum Gasteiger partial charge on any atom is -0.448 e. The number of carbonyl (C=O) groups is 1. The van der Waals surface area contributed by atoms with Crippen LogP contribution < -0.4 is 0 Å². The molecule has 0 aliphatic heterocycles. The van der Waals surface area contributed by atoms with E-state index >= 15 is 0 Å². The number of hydrogen-bond donors (Lipinski definition) is 0. The van der Waals surface area contributed by atoms with Gasteiger partial charge in [0.2, 0.25) is 0 Å². The molecule has 8 heavy (non-hydrogen) atoms. The minimum absolute atomic E-state index is 0.350. The Morgan fingerprint density at radius 1 is 1.88 bits per heavy atom. The van der Waals surface area contributed by atoms with Crippen LogP contribution in [0.1, 0.15) is 13.3 Å². The molecule has 0 fully saturated rings. The average molecular weight is 132 g/mol. The predicted molar refractivity (Wildman–Crippen MR) is 35.2 cm³/mol. The summed E-state index contributed by atoms with van der Waals surface area (Å²) < 4.78 is 4.28. The predicted octanol–water partition coefficient (Wildman–Crippen LogP) is 1.29. The molecule has 0 N–H and O–H groups in total. The maximum Gasteiger partial charge on any atom is 0.335 e. The zero-order chi connectivity index (χ0) is 6.57. The van der Waals surface area contributed by atoms with Crippen LogP contribution in [0, 0.1) is 0 Å². The summed E-state index contributed by atoms with van der Waals surface area (Å²) in [5, 5.41) is 0. The second kappa shape index (κ2) is 3.62. The summed E-state index contributed by atoms with van der Waals surface area (Å²) in [5.41, 5.74) is 0.500. The first-order valence-electron chi connectivity index (χ1n) is 2.31. The number of carbonyl (C=O) groups excluding carboxylic acids is 1. The van der Waals surface area contributed by atoms with Gasteiger partial charge in [-0.3, -0.25) is 0 Å². The summed E-state index contributed by atoms with van der Waals surface area (Å²) in [6.07, 6.45) is 0.646. The molecule has 2 nitrogen and oxygen atoms in total. The van der Waals surface area contributed by atoms with E-state index in [1.54, 1.807) is 0 Å². The fourth-order valence-electron chi connectivity index (χ4n) is 0.228. The summed E-state index contributed by atoms with van der Waals surface area (Å²) in [4.78, 5) is 10.4. The van der Waals surface area contributed by atoms with Gasteiger partial charge in [-0.25, -0.2) is 4.79 Å². The molecule has 1 atom stereocenters. The molecule has 0 amide bonds. The van der Waals surface area contributed by atoms with Crippen molar-refractivity contribution in [3.63, 3.8) is 0 Å². The molecule has 0 saturated heterocycles. The SMILES string of the molecule is C=C(CC)C(=O)OP. The third-order valence-corrected chi connectivity index (χ3v) is 1.04. The van der Waals surface area contributed by atoms with E-state index in [0.29, 0.717) is 12.0 Å². The van der Waals surface area contributed by atoms with Gasteiger partial charge in [-0.15, -0.1) is 0 Å². The second-order valence-corrected chi connectivity index (χ2v) is 1.60. The van der Waals surface area contributed by atoms with Gasteiger partial charge >= 0.3 is 5.97 Å². The van der Waals surface area contributed by atoms with E-state index in [9.17, 15) is 4.79 Å². The van der Waals surface area contributed by atoms with Gasteiger partial charge in [0.05, 0.1) is 9.47 Å². The van der Waals surface area contributed by atoms with E-state index in [1.807, 2.05) is 16.4 Å². The molecule has 0 aromatic heterocycles. The van der Waals surface area contributed by atoms with Gasteiger partial charge in [0, 0.05) is 5.57 Å². The van der Waals surface area contributed by atoms with Crippen molar-refractivity contribution in [2.45, 2.75) is 13.3 Å². The van der Waals surface area contributed by atoms with Gasteiger partial charge in [0.15, 0.2) is 0 Å². The molecule has 0 aromatic rings. The van der Waals surface area contributed by atoms with Gasteiger partial charge in [-0.1, -0.05) is 13.5 Å². The van der Waals surface area contributed by atoms with Gasteiger partial charge in [-0.2, -0.15) is 0 Å². The highest BCUT2D eigenvalue weighted by molar-refractivity contribution is 7.10. The van der Waals surface area contributed by atoms with Crippen molar-refractivity contribution in [3.05, 3.63) is 12.2 Å². The summed E-state index contributed by atoms with van der Waals surface area (Å²) in [6.45, 7) is 5.31. The Labute approximate surface area is 51.2 Å². The topological polar surface area (TPSA) is 26.3 Å². The molecule has 0 aliphatic carbocycles. The third kappa shape index (κ3) is 2.08. The zero-order valence-electron chi connectivity index (χ0n) is 4.81. The first-order valence-corrected chi connectivity index (χ1v) is 2.78. The number of rotatable bonds is 2. The highest BCUT2D eigenvalue weighted by atomic mass is 31.0. The fraction of sp³-hybridized carbons (Fsp3) is 0.400. The smallest absolute Gasteiger partial charge is 0.335 e. The van der Waals surface area contributed by atoms with Crippen molar-refractivity contribution < 1.29 is 9.32 Å². The molecule has 1 unspecified atom stereocenters. The van der Waals surface area contributed by atoms with Crippen molar-refractivity contribution in [3.8, 4) is 0 Å². The fourth-order valence-corrected chi connectivity index (χ4v) is 0.394. The first kappa shape index (κ1) is 7.64. The van der Waals surface area contributed by atoms with Crippen molar-refractivity contribution in [2.75, 3.05) is 0 Å². The Morgan fingerprint density at radius 3 is 2.50 bits per heavy atom. The van der Waals surface area contributed by atoms with E-state index in [2.05, 4.69) is 11.1 Å². The number of hydrogen-bond acceptors (Lipinski definition) is 2. The molecule has 0 bridgehead atoms. The molecule has 0 heterocycles. The quantitative estimate of drug-likeness (QED) is 0.418. The van der Waals surface area contributed by atoms with Crippen molar-refractivity contribution >= 4 is 15.4 Å². The van der Waals surface area contributed by atoms with Crippen LogP contribution in [0.4, 0.5) is 0 Å². The summed E-state index contributed by atoms with van der Waals surface area (Å²) in [6, 6.07) is 0. The summed E-state index contributed by atoms with van der Waals surface area (Å²) >= 11 is 0. The van der Waals surface area contributed by atoms with E-state index < -0.39 is 0 Å². The van der Waals surface area contributed by atoms with Gasteiger partial charge < -0.3 is 4.52 Å². The van der Waals surface area contributed by atoms with E-state index in [0.717, 1.165) is 0 Å².